The zero-order valence-corrected chi connectivity index (χ0v) is 17.3. The van der Waals surface area contributed by atoms with E-state index in [4.69, 9.17) is 23.2 Å². The van der Waals surface area contributed by atoms with Crippen LogP contribution in [0.1, 0.15) is 30.2 Å². The van der Waals surface area contributed by atoms with Crippen molar-refractivity contribution in [2.75, 3.05) is 14.1 Å². The van der Waals surface area contributed by atoms with Crippen molar-refractivity contribution in [3.05, 3.63) is 39.0 Å². The molecule has 1 aliphatic carbocycles. The van der Waals surface area contributed by atoms with Crippen LogP contribution in [0.5, 0.6) is 0 Å². The molecule has 0 amide bonds. The molecule has 160 valence electrons. The van der Waals surface area contributed by atoms with E-state index in [-0.39, 0.29) is 22.8 Å². The average Bonchev–Trinajstić information content (AvgIpc) is 2.95. The molecular weight excluding hydrogens is 452 g/mol. The molecule has 1 atom stereocenters. The molecule has 0 saturated heterocycles. The van der Waals surface area contributed by atoms with Gasteiger partial charge in [-0.15, -0.1) is 0 Å². The largest absolute Gasteiger partial charge is 0.416 e. The molecule has 2 aromatic rings. The van der Waals surface area contributed by atoms with Gasteiger partial charge in [0, 0.05) is 26.1 Å². The van der Waals surface area contributed by atoms with Crippen LogP contribution in [-0.4, -0.2) is 41.0 Å². The number of aliphatic imine (C=N–C) groups is 1. The highest BCUT2D eigenvalue weighted by Gasteiger charge is 2.71. The molecule has 1 saturated carbocycles. The van der Waals surface area contributed by atoms with Crippen molar-refractivity contribution in [3.63, 3.8) is 0 Å². The zero-order chi connectivity index (χ0) is 22.6. The maximum absolute atomic E-state index is 14.1. The van der Waals surface area contributed by atoms with E-state index in [1.165, 1.54) is 18.2 Å². The minimum Gasteiger partial charge on any atom is -0.369 e. The van der Waals surface area contributed by atoms with E-state index in [1.54, 1.807) is 20.2 Å². The summed E-state index contributed by atoms with van der Waals surface area (Å²) in [5.74, 6) is -3.26. The van der Waals surface area contributed by atoms with Crippen LogP contribution >= 0.6 is 23.2 Å². The fourth-order valence-electron chi connectivity index (χ4n) is 3.04. The lowest BCUT2D eigenvalue weighted by molar-refractivity contribution is -0.137. The highest BCUT2D eigenvalue weighted by atomic mass is 35.5. The van der Waals surface area contributed by atoms with Gasteiger partial charge in [0.25, 0.3) is 5.92 Å². The second-order valence-electron chi connectivity index (χ2n) is 7.28. The number of halogens is 7. The van der Waals surface area contributed by atoms with Crippen LogP contribution in [0.15, 0.2) is 17.1 Å². The maximum atomic E-state index is 14.1. The summed E-state index contributed by atoms with van der Waals surface area (Å²) in [5, 5.41) is 12.6. The highest BCUT2D eigenvalue weighted by Crippen LogP contribution is 2.63. The van der Waals surface area contributed by atoms with Gasteiger partial charge in [-0.2, -0.15) is 23.5 Å². The first kappa shape index (κ1) is 22.3. The van der Waals surface area contributed by atoms with Crippen molar-refractivity contribution in [2.24, 2.45) is 4.99 Å². The van der Waals surface area contributed by atoms with E-state index in [0.717, 1.165) is 4.68 Å². The predicted octanol–water partition coefficient (Wildman–Crippen LogP) is 5.59. The summed E-state index contributed by atoms with van der Waals surface area (Å²) in [6.07, 6.45) is -3.94. The average molecular weight is 466 g/mol. The minimum absolute atomic E-state index is 0.125. The smallest absolute Gasteiger partial charge is 0.369 e. The van der Waals surface area contributed by atoms with Crippen molar-refractivity contribution in [2.45, 2.75) is 30.9 Å². The van der Waals surface area contributed by atoms with Crippen molar-refractivity contribution < 1.29 is 22.0 Å². The third-order valence-electron chi connectivity index (χ3n) is 4.74. The molecule has 0 spiro atoms. The zero-order valence-electron chi connectivity index (χ0n) is 15.8. The van der Waals surface area contributed by atoms with E-state index in [1.807, 2.05) is 0 Å². The first-order valence-corrected chi connectivity index (χ1v) is 9.17. The van der Waals surface area contributed by atoms with Crippen LogP contribution in [-0.2, 0) is 11.6 Å². The molecular formula is C18H14Cl2F5N5. The van der Waals surface area contributed by atoms with Gasteiger partial charge in [0.15, 0.2) is 11.5 Å². The molecule has 1 heterocycles. The molecule has 0 aliphatic heterocycles. The Hall–Kier alpha value is -2.38. The highest BCUT2D eigenvalue weighted by molar-refractivity contribution is 6.38. The van der Waals surface area contributed by atoms with E-state index in [0.29, 0.717) is 12.1 Å². The number of aromatic nitrogens is 2. The SMILES string of the molecule is CN(C)/C=N\c1c(C2(C)CC2(F)F)c(C#N)nn1-c1c(Cl)cc(C(F)(F)F)cc1Cl. The maximum Gasteiger partial charge on any atom is 0.416 e. The van der Waals surface area contributed by atoms with Gasteiger partial charge >= 0.3 is 6.18 Å². The molecule has 3 rings (SSSR count). The quantitative estimate of drug-likeness (QED) is 0.336. The molecule has 12 heteroatoms. The van der Waals surface area contributed by atoms with Crippen molar-refractivity contribution in [3.8, 4) is 11.8 Å². The van der Waals surface area contributed by atoms with Gasteiger partial charge in [0.05, 0.1) is 27.4 Å². The topological polar surface area (TPSA) is 57.2 Å². The second-order valence-corrected chi connectivity index (χ2v) is 8.09. The van der Waals surface area contributed by atoms with Crippen LogP contribution in [0.4, 0.5) is 27.8 Å². The normalized spacial score (nSPS) is 20.4. The van der Waals surface area contributed by atoms with Crippen molar-refractivity contribution >= 4 is 35.4 Å². The molecule has 1 unspecified atom stereocenters. The van der Waals surface area contributed by atoms with Crippen molar-refractivity contribution in [1.82, 2.24) is 14.7 Å². The van der Waals surface area contributed by atoms with Gasteiger partial charge in [-0.1, -0.05) is 23.2 Å². The Kier molecular flexibility index (Phi) is 5.28. The van der Waals surface area contributed by atoms with E-state index in [2.05, 4.69) is 10.1 Å². The summed E-state index contributed by atoms with van der Waals surface area (Å²) in [6, 6.07) is 3.04. The van der Waals surface area contributed by atoms with Gasteiger partial charge < -0.3 is 4.90 Å². The van der Waals surface area contributed by atoms with E-state index in [9.17, 15) is 27.2 Å². The lowest BCUT2D eigenvalue weighted by atomic mass is 9.97. The summed E-state index contributed by atoms with van der Waals surface area (Å²) in [4.78, 5) is 5.66. The molecule has 1 aromatic carbocycles. The molecule has 0 bridgehead atoms. The summed E-state index contributed by atoms with van der Waals surface area (Å²) < 4.78 is 68.3. The van der Waals surface area contributed by atoms with Crippen LogP contribution in [0.25, 0.3) is 5.69 Å². The number of benzene rings is 1. The number of nitrogens with zero attached hydrogens (tertiary/aromatic N) is 5. The summed E-state index contributed by atoms with van der Waals surface area (Å²) in [6.45, 7) is 1.26. The van der Waals surface area contributed by atoms with Gasteiger partial charge in [0.1, 0.15) is 11.8 Å². The monoisotopic (exact) mass is 465 g/mol. The summed E-state index contributed by atoms with van der Waals surface area (Å²) in [5.41, 5.74) is -3.46. The van der Waals surface area contributed by atoms with Crippen LogP contribution in [0, 0.1) is 11.3 Å². The van der Waals surface area contributed by atoms with Crippen LogP contribution in [0.2, 0.25) is 10.0 Å². The molecule has 5 nitrogen and oxygen atoms in total. The number of hydrogen-bond donors (Lipinski definition) is 0. The fourth-order valence-corrected chi connectivity index (χ4v) is 3.69. The summed E-state index contributed by atoms with van der Waals surface area (Å²) >= 11 is 12.1. The Morgan fingerprint density at radius 1 is 1.27 bits per heavy atom. The van der Waals surface area contributed by atoms with E-state index < -0.39 is 39.5 Å². The molecule has 1 aromatic heterocycles. The number of nitriles is 1. The molecule has 1 aliphatic rings. The lowest BCUT2D eigenvalue weighted by Crippen LogP contribution is -2.14. The molecule has 0 radical (unpaired) electrons. The summed E-state index contributed by atoms with van der Waals surface area (Å²) in [7, 11) is 3.25. The van der Waals surface area contributed by atoms with Gasteiger partial charge in [0.2, 0.25) is 0 Å². The molecule has 0 N–H and O–H groups in total. The first-order valence-electron chi connectivity index (χ1n) is 8.41. The number of alkyl halides is 5. The Balaban J connectivity index is 2.32. The lowest BCUT2D eigenvalue weighted by Gasteiger charge is -2.15. The third kappa shape index (κ3) is 3.61. The predicted molar refractivity (Wildman–Crippen MR) is 102 cm³/mol. The number of hydrogen-bond acceptors (Lipinski definition) is 3. The van der Waals surface area contributed by atoms with Gasteiger partial charge in [-0.25, -0.2) is 18.5 Å². The Morgan fingerprint density at radius 3 is 2.20 bits per heavy atom. The molecule has 1 fully saturated rings. The first-order chi connectivity index (χ1) is 13.7. The minimum atomic E-state index is -4.70. The Labute approximate surface area is 178 Å². The number of rotatable bonds is 4. The standard InChI is InChI=1S/C18H14Cl2F5N5/c1-16(7-17(16,21)22)13-12(6-26)28-30(15(13)27-8-29(2)3)14-10(19)4-9(5-11(14)20)18(23,24)25/h4-5,8H,7H2,1-3H3/b27-8-. The molecule has 30 heavy (non-hydrogen) atoms. The Bertz CT molecular complexity index is 1060. The van der Waals surface area contributed by atoms with E-state index >= 15 is 0 Å². The third-order valence-corrected chi connectivity index (χ3v) is 5.32. The van der Waals surface area contributed by atoms with Gasteiger partial charge in [-0.05, 0) is 19.1 Å². The van der Waals surface area contributed by atoms with Crippen LogP contribution in [0.3, 0.4) is 0 Å². The fraction of sp³-hybridized carbons (Fsp3) is 0.389. The van der Waals surface area contributed by atoms with Crippen molar-refractivity contribution in [1.29, 1.82) is 5.26 Å². The van der Waals surface area contributed by atoms with Gasteiger partial charge in [-0.3, -0.25) is 0 Å². The van der Waals surface area contributed by atoms with Crippen LogP contribution < -0.4 is 0 Å². The second kappa shape index (κ2) is 7.10. The Morgan fingerprint density at radius 2 is 1.80 bits per heavy atom.